The van der Waals surface area contributed by atoms with Crippen LogP contribution in [0.3, 0.4) is 0 Å². The first-order chi connectivity index (χ1) is 8.25. The van der Waals surface area contributed by atoms with E-state index < -0.39 is 10.2 Å². The molecule has 0 bridgehead atoms. The van der Waals surface area contributed by atoms with Gasteiger partial charge in [-0.25, -0.2) is 27.8 Å². The largest absolute Gasteiger partial charge is 0.318 e. The van der Waals surface area contributed by atoms with Gasteiger partial charge in [0, 0.05) is 0 Å². The van der Waals surface area contributed by atoms with Crippen molar-refractivity contribution >= 4 is 22.8 Å². The van der Waals surface area contributed by atoms with Crippen molar-refractivity contribution in [3.63, 3.8) is 0 Å². The third kappa shape index (κ3) is 3.84. The van der Waals surface area contributed by atoms with E-state index in [0.717, 1.165) is 0 Å². The van der Waals surface area contributed by atoms with Crippen molar-refractivity contribution in [3.05, 3.63) is 24.3 Å². The molecule has 6 nitrogen and oxygen atoms in total. The van der Waals surface area contributed by atoms with Crippen LogP contribution < -0.4 is 23.2 Å². The highest BCUT2D eigenvalue weighted by atomic mass is 35.7. The van der Waals surface area contributed by atoms with E-state index in [1.54, 1.807) is 11.8 Å². The average molecular weight is 293 g/mol. The number of hydrogen-bond donors (Lipinski definition) is 0. The second-order valence-corrected chi connectivity index (χ2v) is 5.00. The van der Waals surface area contributed by atoms with Gasteiger partial charge in [0.15, 0.2) is 11.0 Å². The summed E-state index contributed by atoms with van der Waals surface area (Å²) >= 11 is 1.77. The molecule has 0 aliphatic heterocycles. The van der Waals surface area contributed by atoms with Crippen LogP contribution >= 0.6 is 11.8 Å². The van der Waals surface area contributed by atoms with Gasteiger partial charge in [-0.3, -0.25) is 0 Å². The summed E-state index contributed by atoms with van der Waals surface area (Å²) in [5, 5.41) is 1.28. The molecule has 0 amide bonds. The average Bonchev–Trinajstić information content (AvgIpc) is 2.50. The van der Waals surface area contributed by atoms with Gasteiger partial charge in [0.05, 0.1) is 14.1 Å². The second-order valence-electron chi connectivity index (χ2n) is 3.47. The van der Waals surface area contributed by atoms with Gasteiger partial charge in [0.1, 0.15) is 0 Å². The number of imidazole rings is 1. The van der Waals surface area contributed by atoms with E-state index in [0.29, 0.717) is 0 Å². The Morgan fingerprint density at radius 2 is 1.67 bits per heavy atom. The highest BCUT2D eigenvalue weighted by molar-refractivity contribution is 7.98. The number of aryl methyl sites for hydroxylation is 2. The molecule has 0 radical (unpaired) electrons. The van der Waals surface area contributed by atoms with E-state index in [4.69, 9.17) is 18.6 Å². The Bertz CT molecular complexity index is 493. The molecule has 0 fully saturated rings. The molecule has 0 unspecified atom stereocenters. The maximum atomic E-state index is 8.49. The molecule has 18 heavy (non-hydrogen) atoms. The second kappa shape index (κ2) is 5.87. The van der Waals surface area contributed by atoms with Crippen LogP contribution in [0.5, 0.6) is 0 Å². The predicted octanol–water partition coefficient (Wildman–Crippen LogP) is -3.03. The monoisotopic (exact) mass is 292 g/mol. The van der Waals surface area contributed by atoms with Crippen molar-refractivity contribution in [3.8, 4) is 0 Å². The van der Waals surface area contributed by atoms with Crippen LogP contribution in [0.15, 0.2) is 29.4 Å². The van der Waals surface area contributed by atoms with Crippen molar-refractivity contribution in [2.24, 2.45) is 14.1 Å². The van der Waals surface area contributed by atoms with E-state index >= 15 is 0 Å². The van der Waals surface area contributed by atoms with Crippen molar-refractivity contribution in [1.29, 1.82) is 0 Å². The fourth-order valence-corrected chi connectivity index (χ4v) is 2.48. The third-order valence-electron chi connectivity index (χ3n) is 2.36. The molecule has 2 rings (SSSR count). The Balaban J connectivity index is 0.000000280. The zero-order valence-electron chi connectivity index (χ0n) is 10.1. The van der Waals surface area contributed by atoms with E-state index in [1.807, 2.05) is 0 Å². The van der Waals surface area contributed by atoms with Crippen LogP contribution in [0.1, 0.15) is 0 Å². The SMILES string of the molecule is CSc1n(C)c2ccccc2[n+]1C.[O-][Cl+3]([O-])([O-])[O-]. The van der Waals surface area contributed by atoms with Gasteiger partial charge in [-0.15, -0.1) is 10.2 Å². The lowest BCUT2D eigenvalue weighted by Gasteiger charge is -2.17. The minimum absolute atomic E-state index is 1.28. The van der Waals surface area contributed by atoms with Gasteiger partial charge in [0.25, 0.3) is 0 Å². The molecule has 0 spiro atoms. The summed E-state index contributed by atoms with van der Waals surface area (Å²) in [4.78, 5) is 0. The molecule has 0 saturated carbocycles. The van der Waals surface area contributed by atoms with Gasteiger partial charge < -0.3 is 0 Å². The molecule has 0 atom stereocenters. The molecule has 2 aromatic rings. The maximum Gasteiger partial charge on any atom is 0.318 e. The molecule has 0 saturated heterocycles. The lowest BCUT2D eigenvalue weighted by atomic mass is 10.3. The Labute approximate surface area is 111 Å². The zero-order chi connectivity index (χ0) is 13.9. The first-order valence-electron chi connectivity index (χ1n) is 4.85. The number of fused-ring (bicyclic) bond motifs is 1. The molecular formula is C10H13ClN2O4S. The zero-order valence-corrected chi connectivity index (χ0v) is 11.7. The summed E-state index contributed by atoms with van der Waals surface area (Å²) < 4.78 is 38.4. The van der Waals surface area contributed by atoms with Gasteiger partial charge >= 0.3 is 5.16 Å². The standard InChI is InChI=1S/C10H13N2S.ClHO4/c1-11-8-6-4-5-7-9(8)12(2)10(11)13-3;2-1(3,4)5/h4-7H,1-3H3;(H,2,3,4,5)/q+1;/p-1. The first-order valence-corrected chi connectivity index (χ1v) is 7.30. The summed E-state index contributed by atoms with van der Waals surface area (Å²) in [6.45, 7) is 0. The number of halogens is 1. The Morgan fingerprint density at radius 1 is 1.17 bits per heavy atom. The minimum atomic E-state index is -4.94. The van der Waals surface area contributed by atoms with Crippen molar-refractivity contribution in [2.45, 2.75) is 5.16 Å². The van der Waals surface area contributed by atoms with E-state index in [-0.39, 0.29) is 0 Å². The Morgan fingerprint density at radius 3 is 2.11 bits per heavy atom. The number of nitrogens with zero attached hydrogens (tertiary/aromatic N) is 2. The molecule has 1 aromatic heterocycles. The molecule has 1 aromatic carbocycles. The van der Waals surface area contributed by atoms with Crippen LogP contribution in [0.4, 0.5) is 0 Å². The van der Waals surface area contributed by atoms with Gasteiger partial charge in [0.2, 0.25) is 0 Å². The van der Waals surface area contributed by atoms with Gasteiger partial charge in [-0.2, -0.15) is 0 Å². The number of hydrogen-bond acceptors (Lipinski definition) is 5. The van der Waals surface area contributed by atoms with E-state index in [9.17, 15) is 0 Å². The molecule has 100 valence electrons. The summed E-state index contributed by atoms with van der Waals surface area (Å²) in [5.74, 6) is 0. The van der Waals surface area contributed by atoms with Crippen molar-refractivity contribution < 1.29 is 33.4 Å². The summed E-state index contributed by atoms with van der Waals surface area (Å²) in [6.07, 6.45) is 2.11. The maximum absolute atomic E-state index is 8.49. The molecule has 1 heterocycles. The Kier molecular flexibility index (Phi) is 4.97. The smallest absolute Gasteiger partial charge is 0.222 e. The highest BCUT2D eigenvalue weighted by Crippen LogP contribution is 2.17. The van der Waals surface area contributed by atoms with Crippen LogP contribution in [0, 0.1) is 10.2 Å². The van der Waals surface area contributed by atoms with Crippen LogP contribution in [0.25, 0.3) is 11.0 Å². The van der Waals surface area contributed by atoms with E-state index in [2.05, 4.69) is 53.8 Å². The van der Waals surface area contributed by atoms with E-state index in [1.165, 1.54) is 16.2 Å². The van der Waals surface area contributed by atoms with Gasteiger partial charge in [-0.1, -0.05) is 12.1 Å². The van der Waals surface area contributed by atoms with Crippen molar-refractivity contribution in [1.82, 2.24) is 4.57 Å². The normalized spacial score (nSPS) is 11.3. The number of para-hydroxylation sites is 2. The predicted molar refractivity (Wildman–Crippen MR) is 55.9 cm³/mol. The Hall–Kier alpha value is -0.830. The fraction of sp³-hybridized carbons (Fsp3) is 0.300. The third-order valence-corrected chi connectivity index (χ3v) is 3.27. The lowest BCUT2D eigenvalue weighted by molar-refractivity contribution is -2.00. The molecule has 0 aliphatic rings. The van der Waals surface area contributed by atoms with Crippen LogP contribution in [-0.4, -0.2) is 10.8 Å². The molecular weight excluding hydrogens is 280 g/mol. The van der Waals surface area contributed by atoms with Crippen molar-refractivity contribution in [2.75, 3.05) is 6.26 Å². The van der Waals surface area contributed by atoms with Crippen LogP contribution in [-0.2, 0) is 14.1 Å². The topological polar surface area (TPSA) is 101 Å². The summed E-state index contributed by atoms with van der Waals surface area (Å²) in [7, 11) is -0.734. The number of aromatic nitrogens is 2. The van der Waals surface area contributed by atoms with Crippen LogP contribution in [0.2, 0.25) is 0 Å². The van der Waals surface area contributed by atoms with Gasteiger partial charge in [-0.05, 0) is 30.2 Å². The lowest BCUT2D eigenvalue weighted by Crippen LogP contribution is -2.68. The number of rotatable bonds is 1. The fourth-order valence-electron chi connectivity index (χ4n) is 1.74. The highest BCUT2D eigenvalue weighted by Gasteiger charge is 2.17. The minimum Gasteiger partial charge on any atom is -0.222 e. The number of benzene rings is 1. The first kappa shape index (κ1) is 15.2. The summed E-state index contributed by atoms with van der Waals surface area (Å²) in [6, 6.07) is 8.45. The summed E-state index contributed by atoms with van der Waals surface area (Å²) in [5.41, 5.74) is 2.57. The quantitative estimate of drug-likeness (QED) is 0.411. The number of thioether (sulfide) groups is 1. The molecule has 8 heteroatoms. The molecule has 0 N–H and O–H groups in total. The molecule has 0 aliphatic carbocycles.